The predicted octanol–water partition coefficient (Wildman–Crippen LogP) is 3.77. The van der Waals surface area contributed by atoms with Crippen LogP contribution in [0.2, 0.25) is 0 Å². The van der Waals surface area contributed by atoms with Crippen LogP contribution < -0.4 is 5.32 Å². The molecule has 94 valence electrons. The summed E-state index contributed by atoms with van der Waals surface area (Å²) in [5.74, 6) is -0.650. The molecule has 2 atom stereocenters. The maximum atomic E-state index is 14.8. The van der Waals surface area contributed by atoms with Crippen LogP contribution in [0.1, 0.15) is 25.3 Å². The van der Waals surface area contributed by atoms with Gasteiger partial charge in [-0.25, -0.2) is 8.78 Å². The molecule has 17 heavy (non-hydrogen) atoms. The Labute approximate surface area is 109 Å². The van der Waals surface area contributed by atoms with E-state index in [1.807, 2.05) is 0 Å². The predicted molar refractivity (Wildman–Crippen MR) is 68.2 cm³/mol. The third kappa shape index (κ3) is 2.52. The largest absolute Gasteiger partial charge is 0.316 e. The molecular weight excluding hydrogens is 288 g/mol. The molecule has 1 aromatic rings. The van der Waals surface area contributed by atoms with E-state index < -0.39 is 11.5 Å². The lowest BCUT2D eigenvalue weighted by Crippen LogP contribution is -2.40. The van der Waals surface area contributed by atoms with Gasteiger partial charge in [0, 0.05) is 18.0 Å². The third-order valence-corrected chi connectivity index (χ3v) is 4.15. The van der Waals surface area contributed by atoms with Crippen molar-refractivity contribution in [3.8, 4) is 0 Å². The molecule has 1 nitrogen and oxygen atoms in total. The second-order valence-electron chi connectivity index (χ2n) is 4.72. The molecule has 1 saturated heterocycles. The maximum Gasteiger partial charge on any atom is 0.143 e. The Morgan fingerprint density at radius 3 is 2.88 bits per heavy atom. The van der Waals surface area contributed by atoms with E-state index in [4.69, 9.17) is 0 Å². The second-order valence-corrected chi connectivity index (χ2v) is 5.57. The zero-order valence-electron chi connectivity index (χ0n) is 9.77. The molecule has 1 aliphatic heterocycles. The van der Waals surface area contributed by atoms with Crippen molar-refractivity contribution in [1.82, 2.24) is 5.32 Å². The first-order chi connectivity index (χ1) is 8.03. The summed E-state index contributed by atoms with van der Waals surface area (Å²) >= 11 is 3.11. The van der Waals surface area contributed by atoms with E-state index in [9.17, 15) is 8.78 Å². The molecule has 2 rings (SSSR count). The minimum Gasteiger partial charge on any atom is -0.316 e. The highest BCUT2D eigenvalue weighted by molar-refractivity contribution is 9.10. The second kappa shape index (κ2) is 5.02. The van der Waals surface area contributed by atoms with Crippen LogP contribution in [0.3, 0.4) is 0 Å². The summed E-state index contributed by atoms with van der Waals surface area (Å²) in [5.41, 5.74) is -1.47. The Hall–Kier alpha value is -0.480. The first-order valence-corrected chi connectivity index (χ1v) is 6.67. The molecule has 0 aromatic heterocycles. The lowest BCUT2D eigenvalue weighted by atomic mass is 9.80. The lowest BCUT2D eigenvalue weighted by molar-refractivity contribution is 0.0771. The van der Waals surface area contributed by atoms with Crippen molar-refractivity contribution < 1.29 is 8.78 Å². The summed E-state index contributed by atoms with van der Waals surface area (Å²) in [4.78, 5) is 0. The molecule has 1 N–H and O–H groups in total. The van der Waals surface area contributed by atoms with Crippen molar-refractivity contribution in [1.29, 1.82) is 0 Å². The number of rotatable bonds is 2. The van der Waals surface area contributed by atoms with Gasteiger partial charge in [0.1, 0.15) is 11.5 Å². The minimum absolute atomic E-state index is 0.153. The standard InChI is InChI=1S/C13H16BrF2N/c1-13(16,9-4-3-7-17-8-9)10-5-2-6-11(14)12(10)15/h2,5-6,9,17H,3-4,7-8H2,1H3. The van der Waals surface area contributed by atoms with Crippen molar-refractivity contribution in [3.63, 3.8) is 0 Å². The molecule has 1 fully saturated rings. The summed E-state index contributed by atoms with van der Waals surface area (Å²) in [6, 6.07) is 4.80. The molecule has 0 radical (unpaired) electrons. The van der Waals surface area contributed by atoms with Gasteiger partial charge in [0.05, 0.1) is 4.47 Å². The number of hydrogen-bond donors (Lipinski definition) is 1. The fraction of sp³-hybridized carbons (Fsp3) is 0.538. The van der Waals surface area contributed by atoms with E-state index in [1.54, 1.807) is 12.1 Å². The number of piperidine rings is 1. The van der Waals surface area contributed by atoms with Gasteiger partial charge in [-0.2, -0.15) is 0 Å². The van der Waals surface area contributed by atoms with Gasteiger partial charge in [-0.3, -0.25) is 0 Å². The highest BCUT2D eigenvalue weighted by atomic mass is 79.9. The average molecular weight is 304 g/mol. The van der Waals surface area contributed by atoms with Crippen LogP contribution in [0.4, 0.5) is 8.78 Å². The first-order valence-electron chi connectivity index (χ1n) is 5.87. The van der Waals surface area contributed by atoms with Crippen molar-refractivity contribution >= 4 is 15.9 Å². The number of alkyl halides is 1. The van der Waals surface area contributed by atoms with Crippen LogP contribution in [-0.2, 0) is 5.67 Å². The van der Waals surface area contributed by atoms with E-state index in [2.05, 4.69) is 21.2 Å². The minimum atomic E-state index is -1.62. The maximum absolute atomic E-state index is 14.8. The summed E-state index contributed by atoms with van der Waals surface area (Å²) in [6.07, 6.45) is 1.74. The van der Waals surface area contributed by atoms with Gasteiger partial charge in [-0.05, 0) is 48.3 Å². The molecule has 4 heteroatoms. The SMILES string of the molecule is CC(F)(c1cccc(Br)c1F)C1CCCNC1. The first kappa shape index (κ1) is 13.0. The third-order valence-electron chi connectivity index (χ3n) is 3.54. The van der Waals surface area contributed by atoms with Crippen LogP contribution in [0.25, 0.3) is 0 Å². The molecule has 1 heterocycles. The molecule has 0 spiro atoms. The van der Waals surface area contributed by atoms with E-state index in [1.165, 1.54) is 13.0 Å². The zero-order chi connectivity index (χ0) is 12.5. The Kier molecular flexibility index (Phi) is 3.83. The Bertz CT molecular complexity index is 400. The Balaban J connectivity index is 2.32. The Morgan fingerprint density at radius 1 is 1.47 bits per heavy atom. The summed E-state index contributed by atoms with van der Waals surface area (Å²) < 4.78 is 29.1. The molecule has 0 aliphatic carbocycles. The molecule has 0 saturated carbocycles. The van der Waals surface area contributed by atoms with Gasteiger partial charge in [-0.1, -0.05) is 12.1 Å². The fourth-order valence-electron chi connectivity index (χ4n) is 2.42. The van der Waals surface area contributed by atoms with Gasteiger partial charge < -0.3 is 5.32 Å². The highest BCUT2D eigenvalue weighted by Crippen LogP contribution is 2.39. The van der Waals surface area contributed by atoms with Gasteiger partial charge >= 0.3 is 0 Å². The van der Waals surface area contributed by atoms with Crippen molar-refractivity contribution in [2.24, 2.45) is 5.92 Å². The number of hydrogen-bond acceptors (Lipinski definition) is 1. The van der Waals surface area contributed by atoms with Crippen LogP contribution in [0.15, 0.2) is 22.7 Å². The molecule has 1 aromatic carbocycles. The van der Waals surface area contributed by atoms with Crippen molar-refractivity contribution in [2.45, 2.75) is 25.4 Å². The van der Waals surface area contributed by atoms with E-state index in [-0.39, 0.29) is 11.5 Å². The summed E-state index contributed by atoms with van der Waals surface area (Å²) in [5, 5.41) is 3.17. The van der Waals surface area contributed by atoms with Crippen LogP contribution in [-0.4, -0.2) is 13.1 Å². The Morgan fingerprint density at radius 2 is 2.24 bits per heavy atom. The quantitative estimate of drug-likeness (QED) is 0.877. The van der Waals surface area contributed by atoms with Gasteiger partial charge in [0.25, 0.3) is 0 Å². The van der Waals surface area contributed by atoms with Crippen LogP contribution in [0, 0.1) is 11.7 Å². The van der Waals surface area contributed by atoms with Gasteiger partial charge in [-0.15, -0.1) is 0 Å². The summed E-state index contributed by atoms with van der Waals surface area (Å²) in [6.45, 7) is 3.02. The van der Waals surface area contributed by atoms with E-state index in [0.29, 0.717) is 11.0 Å². The topological polar surface area (TPSA) is 12.0 Å². The molecule has 1 aliphatic rings. The van der Waals surface area contributed by atoms with E-state index >= 15 is 0 Å². The monoisotopic (exact) mass is 303 g/mol. The number of halogens is 3. The average Bonchev–Trinajstić information content (AvgIpc) is 2.33. The smallest absolute Gasteiger partial charge is 0.143 e. The molecule has 0 bridgehead atoms. The van der Waals surface area contributed by atoms with Gasteiger partial charge in [0.2, 0.25) is 0 Å². The van der Waals surface area contributed by atoms with Crippen molar-refractivity contribution in [3.05, 3.63) is 34.1 Å². The normalized spacial score (nSPS) is 24.4. The number of nitrogens with one attached hydrogen (secondary N) is 1. The van der Waals surface area contributed by atoms with Crippen LogP contribution in [0.5, 0.6) is 0 Å². The molecular formula is C13H16BrF2N. The summed E-state index contributed by atoms with van der Waals surface area (Å²) in [7, 11) is 0. The number of benzene rings is 1. The highest BCUT2D eigenvalue weighted by Gasteiger charge is 2.39. The fourth-order valence-corrected chi connectivity index (χ4v) is 2.78. The molecule has 0 amide bonds. The van der Waals surface area contributed by atoms with Crippen molar-refractivity contribution in [2.75, 3.05) is 13.1 Å². The zero-order valence-corrected chi connectivity index (χ0v) is 11.4. The van der Waals surface area contributed by atoms with Gasteiger partial charge in [0.15, 0.2) is 0 Å². The lowest BCUT2D eigenvalue weighted by Gasteiger charge is -2.34. The molecule has 2 unspecified atom stereocenters. The van der Waals surface area contributed by atoms with Crippen LogP contribution >= 0.6 is 15.9 Å². The van der Waals surface area contributed by atoms with E-state index in [0.717, 1.165) is 19.4 Å².